The lowest BCUT2D eigenvalue weighted by Gasteiger charge is -2.06. The van der Waals surface area contributed by atoms with E-state index in [1.165, 1.54) is 5.56 Å². The minimum absolute atomic E-state index is 0.0473. The molecule has 110 valence electrons. The van der Waals surface area contributed by atoms with Gasteiger partial charge in [-0.2, -0.15) is 15.8 Å². The maximum atomic E-state index is 9.02. The van der Waals surface area contributed by atoms with Crippen molar-refractivity contribution in [2.24, 2.45) is 0 Å². The molecule has 0 aromatic heterocycles. The topological polar surface area (TPSA) is 83.4 Å². The van der Waals surface area contributed by atoms with Crippen LogP contribution in [0.4, 0.5) is 5.69 Å². The first-order chi connectivity index (χ1) is 11.2. The summed E-state index contributed by atoms with van der Waals surface area (Å²) < 4.78 is 0. The number of hydrogen-bond donors (Lipinski definition) is 1. The summed E-state index contributed by atoms with van der Waals surface area (Å²) in [6, 6.07) is 20.9. The first-order valence-corrected chi connectivity index (χ1v) is 7.54. The third-order valence-electron chi connectivity index (χ3n) is 2.97. The molecule has 2 rings (SSSR count). The maximum Gasteiger partial charge on any atom is 0.163 e. The van der Waals surface area contributed by atoms with Gasteiger partial charge in [0.05, 0.1) is 0 Å². The smallest absolute Gasteiger partial charge is 0.163 e. The molecule has 0 bridgehead atoms. The van der Waals surface area contributed by atoms with E-state index in [0.717, 1.165) is 9.79 Å². The molecule has 0 atom stereocenters. The van der Waals surface area contributed by atoms with Gasteiger partial charge in [-0.1, -0.05) is 29.5 Å². The molecule has 2 aromatic rings. The van der Waals surface area contributed by atoms with Crippen LogP contribution < -0.4 is 5.32 Å². The van der Waals surface area contributed by atoms with Crippen LogP contribution in [-0.2, 0) is 0 Å². The Bertz CT molecular complexity index is 828. The van der Waals surface area contributed by atoms with Crippen molar-refractivity contribution in [3.63, 3.8) is 0 Å². The van der Waals surface area contributed by atoms with Crippen LogP contribution in [0, 0.1) is 40.9 Å². The molecular formula is C18H12N4S. The number of nitriles is 3. The minimum Gasteiger partial charge on any atom is -0.345 e. The van der Waals surface area contributed by atoms with Gasteiger partial charge >= 0.3 is 0 Å². The summed E-state index contributed by atoms with van der Waals surface area (Å²) in [6.45, 7) is 2.05. The van der Waals surface area contributed by atoms with Gasteiger partial charge in [0.25, 0.3) is 0 Å². The fourth-order valence-corrected chi connectivity index (χ4v) is 2.59. The van der Waals surface area contributed by atoms with E-state index in [9.17, 15) is 0 Å². The van der Waals surface area contributed by atoms with Crippen molar-refractivity contribution in [1.82, 2.24) is 0 Å². The Labute approximate surface area is 139 Å². The summed E-state index contributed by atoms with van der Waals surface area (Å²) in [6.07, 6.45) is 0. The van der Waals surface area contributed by atoms with Crippen molar-refractivity contribution < 1.29 is 0 Å². The number of rotatable bonds is 4. The third-order valence-corrected chi connectivity index (χ3v) is 3.98. The number of benzene rings is 2. The monoisotopic (exact) mass is 316 g/mol. The fraction of sp³-hybridized carbons (Fsp3) is 0.0556. The second-order valence-electron chi connectivity index (χ2n) is 4.65. The van der Waals surface area contributed by atoms with Gasteiger partial charge < -0.3 is 5.32 Å². The first kappa shape index (κ1) is 16.2. The predicted molar refractivity (Wildman–Crippen MR) is 89.2 cm³/mol. The van der Waals surface area contributed by atoms with Crippen molar-refractivity contribution >= 4 is 17.4 Å². The summed E-state index contributed by atoms with van der Waals surface area (Å²) in [5, 5.41) is 29.4. The molecule has 1 N–H and O–H groups in total. The van der Waals surface area contributed by atoms with Crippen LogP contribution in [0.15, 0.2) is 69.6 Å². The lowest BCUT2D eigenvalue weighted by atomic mass is 10.2. The zero-order valence-electron chi connectivity index (χ0n) is 12.4. The molecule has 0 heterocycles. The summed E-state index contributed by atoms with van der Waals surface area (Å²) in [5.74, 6) is 0. The quantitative estimate of drug-likeness (QED) is 0.846. The molecule has 2 aromatic carbocycles. The Hall–Kier alpha value is -3.20. The molecule has 0 saturated carbocycles. The minimum atomic E-state index is -0.231. The van der Waals surface area contributed by atoms with Crippen LogP contribution in [-0.4, -0.2) is 0 Å². The fourth-order valence-electron chi connectivity index (χ4n) is 1.78. The van der Waals surface area contributed by atoms with E-state index in [-0.39, 0.29) is 11.3 Å². The Kier molecular flexibility index (Phi) is 5.42. The Morgan fingerprint density at radius 1 is 0.826 bits per heavy atom. The highest BCUT2D eigenvalue weighted by atomic mass is 32.2. The van der Waals surface area contributed by atoms with E-state index in [2.05, 4.69) is 29.6 Å². The Morgan fingerprint density at radius 2 is 1.35 bits per heavy atom. The first-order valence-electron chi connectivity index (χ1n) is 6.72. The second kappa shape index (κ2) is 7.71. The summed E-state index contributed by atoms with van der Waals surface area (Å²) >= 11 is 1.64. The van der Waals surface area contributed by atoms with E-state index in [0.29, 0.717) is 5.69 Å². The summed E-state index contributed by atoms with van der Waals surface area (Å²) in [4.78, 5) is 2.20. The molecule has 0 fully saturated rings. The van der Waals surface area contributed by atoms with Gasteiger partial charge in [0.15, 0.2) is 5.57 Å². The summed E-state index contributed by atoms with van der Waals surface area (Å²) in [5.41, 5.74) is 1.59. The van der Waals surface area contributed by atoms with Crippen molar-refractivity contribution in [2.75, 3.05) is 5.32 Å². The lowest BCUT2D eigenvalue weighted by molar-refractivity contribution is 1.35. The van der Waals surface area contributed by atoms with Crippen molar-refractivity contribution in [3.05, 3.63) is 65.4 Å². The van der Waals surface area contributed by atoms with E-state index in [1.807, 2.05) is 25.1 Å². The van der Waals surface area contributed by atoms with Crippen LogP contribution in [0.2, 0.25) is 0 Å². The van der Waals surface area contributed by atoms with Crippen LogP contribution in [0.5, 0.6) is 0 Å². The van der Waals surface area contributed by atoms with Gasteiger partial charge in [0.2, 0.25) is 0 Å². The molecule has 5 heteroatoms. The highest BCUT2D eigenvalue weighted by Gasteiger charge is 2.06. The molecule has 0 spiro atoms. The molecule has 0 unspecified atom stereocenters. The van der Waals surface area contributed by atoms with Crippen molar-refractivity contribution in [2.45, 2.75) is 16.7 Å². The van der Waals surface area contributed by atoms with Crippen molar-refractivity contribution in [1.29, 1.82) is 15.8 Å². The standard InChI is InChI=1S/C18H12N4S/c1-13-2-6-16(7-3-13)23-17-8-4-15(5-9-17)22-18(12-21)14(10-19)11-20/h2-9,22H,1H3. The normalized spacial score (nSPS) is 9.13. The van der Waals surface area contributed by atoms with Crippen LogP contribution >= 0.6 is 11.8 Å². The zero-order valence-corrected chi connectivity index (χ0v) is 13.2. The number of anilines is 1. The SMILES string of the molecule is Cc1ccc(Sc2ccc(NC(C#N)=C(C#N)C#N)cc2)cc1. The lowest BCUT2D eigenvalue weighted by Crippen LogP contribution is -2.00. The van der Waals surface area contributed by atoms with Gasteiger partial charge in [0.1, 0.15) is 23.9 Å². The second-order valence-corrected chi connectivity index (χ2v) is 5.80. The van der Waals surface area contributed by atoms with Crippen LogP contribution in [0.3, 0.4) is 0 Å². The number of nitrogens with zero attached hydrogens (tertiary/aromatic N) is 3. The molecule has 0 amide bonds. The molecule has 0 aliphatic heterocycles. The Morgan fingerprint density at radius 3 is 1.83 bits per heavy atom. The van der Waals surface area contributed by atoms with Gasteiger partial charge in [-0.25, -0.2) is 0 Å². The van der Waals surface area contributed by atoms with Gasteiger partial charge in [-0.15, -0.1) is 0 Å². The molecule has 0 aliphatic rings. The zero-order chi connectivity index (χ0) is 16.7. The van der Waals surface area contributed by atoms with Crippen molar-refractivity contribution in [3.8, 4) is 18.2 Å². The van der Waals surface area contributed by atoms with E-state index in [4.69, 9.17) is 15.8 Å². The third kappa shape index (κ3) is 4.38. The van der Waals surface area contributed by atoms with Gasteiger partial charge in [-0.3, -0.25) is 0 Å². The van der Waals surface area contributed by atoms with Crippen LogP contribution in [0.1, 0.15) is 5.56 Å². The van der Waals surface area contributed by atoms with Gasteiger partial charge in [0, 0.05) is 15.5 Å². The highest BCUT2D eigenvalue weighted by Crippen LogP contribution is 2.28. The predicted octanol–water partition coefficient (Wildman–Crippen LogP) is 4.38. The molecule has 0 aliphatic carbocycles. The average Bonchev–Trinajstić information content (AvgIpc) is 2.58. The molecule has 23 heavy (non-hydrogen) atoms. The summed E-state index contributed by atoms with van der Waals surface area (Å²) in [7, 11) is 0. The molecule has 0 saturated heterocycles. The van der Waals surface area contributed by atoms with E-state index < -0.39 is 0 Å². The van der Waals surface area contributed by atoms with Crippen LogP contribution in [0.25, 0.3) is 0 Å². The largest absolute Gasteiger partial charge is 0.345 e. The van der Waals surface area contributed by atoms with E-state index >= 15 is 0 Å². The molecule has 0 radical (unpaired) electrons. The number of aryl methyl sites for hydroxylation is 1. The highest BCUT2D eigenvalue weighted by molar-refractivity contribution is 7.99. The number of nitrogens with one attached hydrogen (secondary N) is 1. The van der Waals surface area contributed by atoms with E-state index in [1.54, 1.807) is 36.0 Å². The number of hydrogen-bond acceptors (Lipinski definition) is 5. The average molecular weight is 316 g/mol. The number of allylic oxidation sites excluding steroid dienone is 2. The van der Waals surface area contributed by atoms with Gasteiger partial charge in [-0.05, 0) is 43.3 Å². The Balaban J connectivity index is 2.13. The molecular weight excluding hydrogens is 304 g/mol. The molecule has 4 nitrogen and oxygen atoms in total. The maximum absolute atomic E-state index is 9.02.